The van der Waals surface area contributed by atoms with Crippen molar-refractivity contribution in [2.45, 2.75) is 17.1 Å². The standard InChI is InChI=1S/C15H13N3O2S/c1-9-14(19)18-12-8-10(2-3-13(12)21-9)15(20)17-11-4-6-16-7-5-11/h2-9H,1H3,(H,18,19)(H,16,17,20)/t9-/m1/s1. The van der Waals surface area contributed by atoms with E-state index in [0.29, 0.717) is 16.9 Å². The maximum Gasteiger partial charge on any atom is 0.255 e. The molecule has 1 aromatic carbocycles. The zero-order valence-corrected chi connectivity index (χ0v) is 12.1. The average Bonchev–Trinajstić information content (AvgIpc) is 2.49. The van der Waals surface area contributed by atoms with E-state index >= 15 is 0 Å². The molecule has 0 fully saturated rings. The van der Waals surface area contributed by atoms with Crippen LogP contribution in [-0.4, -0.2) is 22.0 Å². The molecule has 0 saturated heterocycles. The number of rotatable bonds is 2. The molecule has 0 radical (unpaired) electrons. The van der Waals surface area contributed by atoms with Crippen LogP contribution in [0.5, 0.6) is 0 Å². The highest BCUT2D eigenvalue weighted by Crippen LogP contribution is 2.35. The van der Waals surface area contributed by atoms with Gasteiger partial charge in [-0.1, -0.05) is 0 Å². The summed E-state index contributed by atoms with van der Waals surface area (Å²) in [6.45, 7) is 1.85. The first-order valence-electron chi connectivity index (χ1n) is 6.46. The van der Waals surface area contributed by atoms with E-state index in [2.05, 4.69) is 15.6 Å². The molecule has 2 amide bonds. The zero-order valence-electron chi connectivity index (χ0n) is 11.3. The highest BCUT2D eigenvalue weighted by Gasteiger charge is 2.23. The number of benzene rings is 1. The number of aromatic nitrogens is 1. The van der Waals surface area contributed by atoms with Crippen LogP contribution in [0.15, 0.2) is 47.6 Å². The minimum Gasteiger partial charge on any atom is -0.324 e. The van der Waals surface area contributed by atoms with Crippen molar-refractivity contribution in [3.8, 4) is 0 Å². The number of nitrogens with one attached hydrogen (secondary N) is 2. The van der Waals surface area contributed by atoms with Crippen LogP contribution in [-0.2, 0) is 4.79 Å². The molecule has 0 saturated carbocycles. The second kappa shape index (κ2) is 5.57. The first-order chi connectivity index (χ1) is 10.1. The molecule has 1 aliphatic rings. The third kappa shape index (κ3) is 2.90. The summed E-state index contributed by atoms with van der Waals surface area (Å²) in [6, 6.07) is 8.75. The Morgan fingerprint density at radius 3 is 2.81 bits per heavy atom. The summed E-state index contributed by atoms with van der Waals surface area (Å²) in [5, 5.41) is 5.49. The van der Waals surface area contributed by atoms with Gasteiger partial charge in [-0.25, -0.2) is 0 Å². The Labute approximate surface area is 126 Å². The van der Waals surface area contributed by atoms with E-state index in [1.807, 2.05) is 13.0 Å². The molecule has 6 heteroatoms. The van der Waals surface area contributed by atoms with E-state index in [1.165, 1.54) is 11.8 Å². The molecule has 3 rings (SSSR count). The summed E-state index contributed by atoms with van der Waals surface area (Å²) in [4.78, 5) is 28.8. The predicted octanol–water partition coefficient (Wildman–Crippen LogP) is 2.77. The van der Waals surface area contributed by atoms with Gasteiger partial charge < -0.3 is 10.6 Å². The number of carbonyl (C=O) groups excluding carboxylic acids is 2. The molecule has 1 atom stereocenters. The lowest BCUT2D eigenvalue weighted by atomic mass is 10.1. The second-order valence-corrected chi connectivity index (χ2v) is 6.03. The normalized spacial score (nSPS) is 16.8. The number of pyridine rings is 1. The van der Waals surface area contributed by atoms with Gasteiger partial charge >= 0.3 is 0 Å². The van der Waals surface area contributed by atoms with Crippen molar-refractivity contribution >= 4 is 35.0 Å². The Morgan fingerprint density at radius 2 is 2.05 bits per heavy atom. The minimum absolute atomic E-state index is 0.0424. The van der Waals surface area contributed by atoms with Gasteiger partial charge in [0.1, 0.15) is 0 Å². The maximum atomic E-state index is 12.2. The average molecular weight is 299 g/mol. The van der Waals surface area contributed by atoms with Gasteiger partial charge in [0.25, 0.3) is 5.91 Å². The van der Waals surface area contributed by atoms with Crippen LogP contribution in [0.25, 0.3) is 0 Å². The summed E-state index contributed by atoms with van der Waals surface area (Å²) >= 11 is 1.49. The van der Waals surface area contributed by atoms with Crippen molar-refractivity contribution in [3.05, 3.63) is 48.3 Å². The molecule has 1 aliphatic heterocycles. The molecule has 2 heterocycles. The molecule has 21 heavy (non-hydrogen) atoms. The Kier molecular flexibility index (Phi) is 3.62. The Balaban J connectivity index is 1.82. The predicted molar refractivity (Wildman–Crippen MR) is 82.6 cm³/mol. The fraction of sp³-hybridized carbons (Fsp3) is 0.133. The molecule has 106 valence electrons. The zero-order chi connectivity index (χ0) is 14.8. The number of hydrogen-bond acceptors (Lipinski definition) is 4. The molecule has 0 aliphatic carbocycles. The maximum absolute atomic E-state index is 12.2. The van der Waals surface area contributed by atoms with E-state index in [0.717, 1.165) is 4.90 Å². The van der Waals surface area contributed by atoms with Crippen molar-refractivity contribution < 1.29 is 9.59 Å². The lowest BCUT2D eigenvalue weighted by molar-refractivity contribution is -0.115. The Morgan fingerprint density at radius 1 is 1.29 bits per heavy atom. The topological polar surface area (TPSA) is 71.1 Å². The molecule has 0 unspecified atom stereocenters. The quantitative estimate of drug-likeness (QED) is 0.894. The van der Waals surface area contributed by atoms with Gasteiger partial charge in [-0.3, -0.25) is 14.6 Å². The van der Waals surface area contributed by atoms with Crippen molar-refractivity contribution in [1.82, 2.24) is 4.98 Å². The highest BCUT2D eigenvalue weighted by atomic mass is 32.2. The van der Waals surface area contributed by atoms with Gasteiger partial charge in [-0.05, 0) is 37.3 Å². The lowest BCUT2D eigenvalue weighted by Crippen LogP contribution is -2.26. The number of nitrogens with zero attached hydrogens (tertiary/aromatic N) is 1. The fourth-order valence-corrected chi connectivity index (χ4v) is 2.92. The first-order valence-corrected chi connectivity index (χ1v) is 7.34. The molecule has 5 nitrogen and oxygen atoms in total. The monoisotopic (exact) mass is 299 g/mol. The smallest absolute Gasteiger partial charge is 0.255 e. The molecule has 2 N–H and O–H groups in total. The third-order valence-electron chi connectivity index (χ3n) is 3.11. The van der Waals surface area contributed by atoms with Crippen LogP contribution >= 0.6 is 11.8 Å². The largest absolute Gasteiger partial charge is 0.324 e. The van der Waals surface area contributed by atoms with Gasteiger partial charge in [0, 0.05) is 28.5 Å². The van der Waals surface area contributed by atoms with Gasteiger partial charge in [0.15, 0.2) is 0 Å². The second-order valence-electron chi connectivity index (χ2n) is 4.65. The Hall–Kier alpha value is -2.34. The van der Waals surface area contributed by atoms with E-state index in [1.54, 1.807) is 36.7 Å². The molecule has 0 bridgehead atoms. The number of hydrogen-bond donors (Lipinski definition) is 2. The summed E-state index contributed by atoms with van der Waals surface area (Å²) < 4.78 is 0. The first kappa shape index (κ1) is 13.6. The van der Waals surface area contributed by atoms with Crippen molar-refractivity contribution in [2.24, 2.45) is 0 Å². The molecule has 2 aromatic rings. The fourth-order valence-electron chi connectivity index (χ4n) is 1.99. The van der Waals surface area contributed by atoms with E-state index in [-0.39, 0.29) is 17.1 Å². The van der Waals surface area contributed by atoms with Crippen LogP contribution in [0.2, 0.25) is 0 Å². The molecule has 0 spiro atoms. The Bertz CT molecular complexity index is 703. The van der Waals surface area contributed by atoms with Gasteiger partial charge in [-0.15, -0.1) is 11.8 Å². The lowest BCUT2D eigenvalue weighted by Gasteiger charge is -2.21. The van der Waals surface area contributed by atoms with Crippen LogP contribution in [0, 0.1) is 0 Å². The summed E-state index contributed by atoms with van der Waals surface area (Å²) in [5.74, 6) is -0.263. The van der Waals surface area contributed by atoms with Crippen molar-refractivity contribution in [3.63, 3.8) is 0 Å². The van der Waals surface area contributed by atoms with Gasteiger partial charge in [-0.2, -0.15) is 0 Å². The molecular formula is C15H13N3O2S. The SMILES string of the molecule is C[C@H]1Sc2ccc(C(=O)Nc3ccncc3)cc2NC1=O. The summed E-state index contributed by atoms with van der Waals surface area (Å²) in [5.41, 5.74) is 1.87. The number of anilines is 2. The van der Waals surface area contributed by atoms with E-state index in [9.17, 15) is 9.59 Å². The summed E-state index contributed by atoms with van der Waals surface area (Å²) in [7, 11) is 0. The van der Waals surface area contributed by atoms with E-state index < -0.39 is 0 Å². The number of thioether (sulfide) groups is 1. The molecule has 1 aromatic heterocycles. The van der Waals surface area contributed by atoms with Gasteiger partial charge in [0.2, 0.25) is 5.91 Å². The minimum atomic E-state index is -0.220. The van der Waals surface area contributed by atoms with E-state index in [4.69, 9.17) is 0 Å². The molecular weight excluding hydrogens is 286 g/mol. The number of fused-ring (bicyclic) bond motifs is 1. The van der Waals surface area contributed by atoms with Gasteiger partial charge in [0.05, 0.1) is 10.9 Å². The van der Waals surface area contributed by atoms with Crippen molar-refractivity contribution in [1.29, 1.82) is 0 Å². The third-order valence-corrected chi connectivity index (χ3v) is 4.29. The number of amides is 2. The highest BCUT2D eigenvalue weighted by molar-refractivity contribution is 8.00. The number of carbonyl (C=O) groups is 2. The van der Waals surface area contributed by atoms with Crippen LogP contribution in [0.4, 0.5) is 11.4 Å². The van der Waals surface area contributed by atoms with Crippen LogP contribution in [0.1, 0.15) is 17.3 Å². The summed E-state index contributed by atoms with van der Waals surface area (Å²) in [6.07, 6.45) is 3.22. The van der Waals surface area contributed by atoms with Crippen molar-refractivity contribution in [2.75, 3.05) is 10.6 Å². The van der Waals surface area contributed by atoms with Crippen LogP contribution < -0.4 is 10.6 Å². The van der Waals surface area contributed by atoms with Crippen LogP contribution in [0.3, 0.4) is 0 Å².